The lowest BCUT2D eigenvalue weighted by atomic mass is 9.50. The summed E-state index contributed by atoms with van der Waals surface area (Å²) < 4.78 is 6.11. The smallest absolute Gasteiger partial charge is 0.166 e. The number of pyridine rings is 1. The van der Waals surface area contributed by atoms with E-state index >= 15 is 0 Å². The molecule has 5 rings (SSSR count). The Balaban J connectivity index is 1.50. The van der Waals surface area contributed by atoms with Gasteiger partial charge in [-0.3, -0.25) is 0 Å². The lowest BCUT2D eigenvalue weighted by Crippen LogP contribution is -2.48. The van der Waals surface area contributed by atoms with Crippen molar-refractivity contribution in [2.45, 2.75) is 45.4 Å². The SMILES string of the molecule is Cc1cnc(N)c(OCC23CC4CC(CC(C4)C2)C3)c1. The number of ether oxygens (including phenoxy) is 1. The maximum Gasteiger partial charge on any atom is 0.166 e. The van der Waals surface area contributed by atoms with Gasteiger partial charge in [-0.05, 0) is 74.8 Å². The van der Waals surface area contributed by atoms with Crippen molar-refractivity contribution >= 4 is 5.82 Å². The minimum Gasteiger partial charge on any atom is -0.489 e. The van der Waals surface area contributed by atoms with Crippen molar-refractivity contribution in [2.75, 3.05) is 12.3 Å². The molecule has 1 aromatic rings. The first-order valence-corrected chi connectivity index (χ1v) is 7.97. The zero-order valence-corrected chi connectivity index (χ0v) is 12.3. The Morgan fingerprint density at radius 2 is 1.80 bits per heavy atom. The number of anilines is 1. The third-order valence-electron chi connectivity index (χ3n) is 5.72. The van der Waals surface area contributed by atoms with Crippen LogP contribution in [-0.2, 0) is 0 Å². The fourth-order valence-corrected chi connectivity index (χ4v) is 5.37. The largest absolute Gasteiger partial charge is 0.489 e. The number of aromatic nitrogens is 1. The molecule has 0 atom stereocenters. The molecule has 4 aliphatic carbocycles. The fourth-order valence-electron chi connectivity index (χ4n) is 5.37. The Morgan fingerprint density at radius 3 is 2.40 bits per heavy atom. The lowest BCUT2D eigenvalue weighted by Gasteiger charge is -2.56. The van der Waals surface area contributed by atoms with Crippen molar-refractivity contribution in [1.29, 1.82) is 0 Å². The van der Waals surface area contributed by atoms with Gasteiger partial charge in [-0.15, -0.1) is 0 Å². The van der Waals surface area contributed by atoms with Crippen molar-refractivity contribution in [3.05, 3.63) is 17.8 Å². The molecular formula is C17H24N2O. The van der Waals surface area contributed by atoms with E-state index in [1.54, 1.807) is 6.20 Å². The van der Waals surface area contributed by atoms with Gasteiger partial charge < -0.3 is 10.5 Å². The van der Waals surface area contributed by atoms with Crippen LogP contribution in [0.4, 0.5) is 5.82 Å². The van der Waals surface area contributed by atoms with E-state index in [-0.39, 0.29) is 0 Å². The minimum atomic E-state index is 0.435. The molecule has 0 aromatic carbocycles. The second kappa shape index (κ2) is 4.37. The Morgan fingerprint density at radius 1 is 1.20 bits per heavy atom. The zero-order valence-electron chi connectivity index (χ0n) is 12.3. The van der Waals surface area contributed by atoms with Gasteiger partial charge in [0, 0.05) is 11.6 Å². The summed E-state index contributed by atoms with van der Waals surface area (Å²) >= 11 is 0. The molecule has 4 fully saturated rings. The molecule has 1 heterocycles. The summed E-state index contributed by atoms with van der Waals surface area (Å²) in [7, 11) is 0. The Kier molecular flexibility index (Phi) is 2.73. The van der Waals surface area contributed by atoms with Crippen LogP contribution in [-0.4, -0.2) is 11.6 Å². The highest BCUT2D eigenvalue weighted by Gasteiger charge is 2.51. The second-order valence-corrected chi connectivity index (χ2v) is 7.60. The fraction of sp³-hybridized carbons (Fsp3) is 0.706. The van der Waals surface area contributed by atoms with E-state index in [1.165, 1.54) is 38.5 Å². The number of nitrogens with zero attached hydrogens (tertiary/aromatic N) is 1. The molecule has 0 aliphatic heterocycles. The van der Waals surface area contributed by atoms with Gasteiger partial charge in [0.25, 0.3) is 0 Å². The first kappa shape index (κ1) is 12.5. The summed E-state index contributed by atoms with van der Waals surface area (Å²) in [5.74, 6) is 4.22. The van der Waals surface area contributed by atoms with E-state index < -0.39 is 0 Å². The second-order valence-electron chi connectivity index (χ2n) is 7.60. The van der Waals surface area contributed by atoms with Crippen LogP contribution >= 0.6 is 0 Å². The summed E-state index contributed by atoms with van der Waals surface area (Å²) in [6.45, 7) is 2.87. The Bertz CT molecular complexity index is 490. The van der Waals surface area contributed by atoms with Gasteiger partial charge in [0.15, 0.2) is 11.6 Å². The van der Waals surface area contributed by atoms with Crippen molar-refractivity contribution in [3.63, 3.8) is 0 Å². The molecule has 0 amide bonds. The highest BCUT2D eigenvalue weighted by molar-refractivity contribution is 5.46. The van der Waals surface area contributed by atoms with Crippen LogP contribution in [0, 0.1) is 30.1 Å². The van der Waals surface area contributed by atoms with E-state index in [4.69, 9.17) is 10.5 Å². The molecule has 1 aromatic heterocycles. The van der Waals surface area contributed by atoms with Crippen LogP contribution in [0.1, 0.15) is 44.1 Å². The lowest BCUT2D eigenvalue weighted by molar-refractivity contribution is -0.0744. The Labute approximate surface area is 120 Å². The van der Waals surface area contributed by atoms with Gasteiger partial charge in [-0.1, -0.05) is 0 Å². The van der Waals surface area contributed by atoms with Gasteiger partial charge in [0.05, 0.1) is 6.61 Å². The summed E-state index contributed by atoms with van der Waals surface area (Å²) in [6, 6.07) is 2.02. The topological polar surface area (TPSA) is 48.1 Å². The molecule has 0 spiro atoms. The highest BCUT2D eigenvalue weighted by atomic mass is 16.5. The molecule has 20 heavy (non-hydrogen) atoms. The van der Waals surface area contributed by atoms with Crippen LogP contribution in [0.5, 0.6) is 5.75 Å². The van der Waals surface area contributed by atoms with Gasteiger partial charge in [0.2, 0.25) is 0 Å². The quantitative estimate of drug-likeness (QED) is 0.915. The van der Waals surface area contributed by atoms with E-state index in [0.29, 0.717) is 11.2 Å². The standard InChI is InChI=1S/C17H24N2O/c1-11-2-15(16(18)19-9-11)20-10-17-6-12-3-13(7-17)5-14(4-12)8-17/h2,9,12-14H,3-8,10H2,1H3,(H2,18,19). The average Bonchev–Trinajstić information content (AvgIpc) is 2.38. The predicted molar refractivity (Wildman–Crippen MR) is 79.5 cm³/mol. The van der Waals surface area contributed by atoms with Crippen molar-refractivity contribution < 1.29 is 4.74 Å². The van der Waals surface area contributed by atoms with Crippen molar-refractivity contribution in [2.24, 2.45) is 23.2 Å². The molecular weight excluding hydrogens is 248 g/mol. The number of hydrogen-bond acceptors (Lipinski definition) is 3. The first-order valence-electron chi connectivity index (χ1n) is 7.97. The molecule has 0 saturated heterocycles. The molecule has 4 bridgehead atoms. The molecule has 108 valence electrons. The molecule has 3 heteroatoms. The summed E-state index contributed by atoms with van der Waals surface area (Å²) in [5, 5.41) is 0. The molecule has 0 radical (unpaired) electrons. The number of nitrogens with two attached hydrogens (primary N) is 1. The van der Waals surface area contributed by atoms with Crippen LogP contribution in [0.2, 0.25) is 0 Å². The zero-order chi connectivity index (χ0) is 13.7. The Hall–Kier alpha value is -1.25. The maximum absolute atomic E-state index is 6.11. The van der Waals surface area contributed by atoms with E-state index in [9.17, 15) is 0 Å². The van der Waals surface area contributed by atoms with E-state index in [0.717, 1.165) is 35.7 Å². The minimum absolute atomic E-state index is 0.435. The molecule has 0 unspecified atom stereocenters. The normalized spacial score (nSPS) is 38.1. The number of nitrogen functional groups attached to an aromatic ring is 1. The van der Waals surface area contributed by atoms with Crippen LogP contribution < -0.4 is 10.5 Å². The van der Waals surface area contributed by atoms with Gasteiger partial charge in [-0.25, -0.2) is 4.98 Å². The van der Waals surface area contributed by atoms with Gasteiger partial charge in [0.1, 0.15) is 0 Å². The van der Waals surface area contributed by atoms with Crippen molar-refractivity contribution in [3.8, 4) is 5.75 Å². The van der Waals surface area contributed by atoms with Crippen LogP contribution in [0.3, 0.4) is 0 Å². The van der Waals surface area contributed by atoms with E-state index in [1.807, 2.05) is 13.0 Å². The van der Waals surface area contributed by atoms with Crippen molar-refractivity contribution in [1.82, 2.24) is 4.98 Å². The van der Waals surface area contributed by atoms with Crippen LogP contribution in [0.25, 0.3) is 0 Å². The predicted octanol–water partition coefficient (Wildman–Crippen LogP) is 3.57. The molecule has 4 saturated carbocycles. The third-order valence-corrected chi connectivity index (χ3v) is 5.72. The monoisotopic (exact) mass is 272 g/mol. The summed E-state index contributed by atoms with van der Waals surface area (Å²) in [4.78, 5) is 4.20. The van der Waals surface area contributed by atoms with Gasteiger partial charge >= 0.3 is 0 Å². The summed E-state index contributed by atoms with van der Waals surface area (Å²) in [6.07, 6.45) is 10.4. The molecule has 3 nitrogen and oxygen atoms in total. The van der Waals surface area contributed by atoms with Gasteiger partial charge in [-0.2, -0.15) is 0 Å². The molecule has 2 N–H and O–H groups in total. The number of hydrogen-bond donors (Lipinski definition) is 1. The molecule has 4 aliphatic rings. The van der Waals surface area contributed by atoms with E-state index in [2.05, 4.69) is 4.98 Å². The number of rotatable bonds is 3. The maximum atomic E-state index is 6.11. The highest BCUT2D eigenvalue weighted by Crippen LogP contribution is 2.60. The first-order chi connectivity index (χ1) is 9.62. The summed E-state index contributed by atoms with van der Waals surface area (Å²) in [5.41, 5.74) is 7.48. The average molecular weight is 272 g/mol. The number of aryl methyl sites for hydroxylation is 1. The van der Waals surface area contributed by atoms with Crippen LogP contribution in [0.15, 0.2) is 12.3 Å². The third kappa shape index (κ3) is 2.07.